The number of nitrogens with zero attached hydrogens (tertiary/aromatic N) is 5. The Labute approximate surface area is 168 Å². The summed E-state index contributed by atoms with van der Waals surface area (Å²) in [4.78, 5) is -0.169. The maximum absolute atomic E-state index is 13.5. The number of rotatable bonds is 3. The molecule has 9 nitrogen and oxygen atoms in total. The minimum atomic E-state index is -4.53. The molecule has 5 rings (SSSR count). The Hall–Kier alpha value is -2.80. The summed E-state index contributed by atoms with van der Waals surface area (Å²) in [5.74, 6) is 0.514. The van der Waals surface area contributed by atoms with Gasteiger partial charge in [0, 0.05) is 29.6 Å². The summed E-state index contributed by atoms with van der Waals surface area (Å²) in [7, 11) is -4.03. The first-order valence-corrected chi connectivity index (χ1v) is 10.7. The second kappa shape index (κ2) is 6.60. The van der Waals surface area contributed by atoms with Crippen LogP contribution in [0.25, 0.3) is 0 Å². The number of nitrogens with one attached hydrogen (secondary N) is 2. The van der Waals surface area contributed by atoms with Crippen molar-refractivity contribution in [2.75, 3.05) is 0 Å². The first-order valence-electron chi connectivity index (χ1n) is 9.21. The summed E-state index contributed by atoms with van der Waals surface area (Å²) in [6.45, 7) is 0. The van der Waals surface area contributed by atoms with Crippen molar-refractivity contribution >= 4 is 10.0 Å². The lowest BCUT2D eigenvalue weighted by molar-refractivity contribution is -0.137. The van der Waals surface area contributed by atoms with E-state index in [9.17, 15) is 21.6 Å². The van der Waals surface area contributed by atoms with E-state index in [1.165, 1.54) is 4.31 Å². The van der Waals surface area contributed by atoms with E-state index in [1.54, 1.807) is 6.20 Å². The van der Waals surface area contributed by atoms with Crippen LogP contribution < -0.4 is 0 Å². The number of fused-ring (bicyclic) bond motifs is 4. The summed E-state index contributed by atoms with van der Waals surface area (Å²) in [5, 5.41) is 20.9. The van der Waals surface area contributed by atoms with Gasteiger partial charge in [0.15, 0.2) is 5.82 Å². The van der Waals surface area contributed by atoms with Crippen molar-refractivity contribution < 1.29 is 21.6 Å². The number of benzene rings is 1. The minimum Gasteiger partial charge on any atom is -0.282 e. The molecule has 2 bridgehead atoms. The van der Waals surface area contributed by atoms with Gasteiger partial charge in [0.25, 0.3) is 0 Å². The molecule has 1 saturated heterocycles. The fraction of sp³-hybridized carbons (Fsp3) is 0.412. The molecular formula is C17H16F3N7O2S. The van der Waals surface area contributed by atoms with Gasteiger partial charge in [-0.25, -0.2) is 13.5 Å². The molecule has 30 heavy (non-hydrogen) atoms. The van der Waals surface area contributed by atoms with E-state index in [-0.39, 0.29) is 10.8 Å². The van der Waals surface area contributed by atoms with Crippen molar-refractivity contribution in [1.82, 2.24) is 35.1 Å². The quantitative estimate of drug-likeness (QED) is 0.645. The number of tetrazole rings is 1. The molecule has 2 aliphatic rings. The zero-order chi connectivity index (χ0) is 21.1. The Morgan fingerprint density at radius 2 is 1.87 bits per heavy atom. The average molecular weight is 439 g/mol. The van der Waals surface area contributed by atoms with E-state index in [2.05, 4.69) is 30.8 Å². The van der Waals surface area contributed by atoms with Gasteiger partial charge in [0.1, 0.15) is 0 Å². The average Bonchev–Trinajstić information content (AvgIpc) is 3.38. The molecule has 2 aromatic heterocycles. The summed E-state index contributed by atoms with van der Waals surface area (Å²) in [5.41, 5.74) is 0.743. The minimum absolute atomic E-state index is 0.0721. The molecule has 3 unspecified atom stereocenters. The van der Waals surface area contributed by atoms with Crippen LogP contribution in [0.3, 0.4) is 0 Å². The molecule has 0 aliphatic carbocycles. The number of piperidine rings is 1. The second-order valence-corrected chi connectivity index (χ2v) is 9.33. The van der Waals surface area contributed by atoms with E-state index >= 15 is 0 Å². The standard InChI is InChI=1S/C17H16F3N7O2S/c18-17(19,20)10-1-3-12(4-2-10)30(28,29)27-11-5-9(16-23-25-26-24-16)6-15(27)13-8-21-22-14(13)7-11/h1-4,8-9,11,15H,5-7H2,(H,21,22)(H,23,24,25,26). The highest BCUT2D eigenvalue weighted by atomic mass is 32.2. The molecule has 13 heteroatoms. The lowest BCUT2D eigenvalue weighted by Crippen LogP contribution is -2.51. The molecule has 2 aliphatic heterocycles. The number of sulfonamides is 1. The Morgan fingerprint density at radius 3 is 2.53 bits per heavy atom. The van der Waals surface area contributed by atoms with Crippen LogP contribution in [0, 0.1) is 0 Å². The van der Waals surface area contributed by atoms with Gasteiger partial charge in [-0.2, -0.15) is 22.6 Å². The SMILES string of the molecule is O=S(=O)(c1ccc(C(F)(F)F)cc1)N1C2Cc3[nH]ncc3C1CC(c1nnn[nH]1)C2. The van der Waals surface area contributed by atoms with Gasteiger partial charge in [-0.3, -0.25) is 5.10 Å². The van der Waals surface area contributed by atoms with Gasteiger partial charge in [-0.05, 0) is 47.5 Å². The molecule has 1 aromatic carbocycles. The van der Waals surface area contributed by atoms with Crippen molar-refractivity contribution in [2.45, 2.75) is 48.3 Å². The van der Waals surface area contributed by atoms with Crippen molar-refractivity contribution in [1.29, 1.82) is 0 Å². The third-order valence-corrected chi connectivity index (χ3v) is 7.76. The maximum Gasteiger partial charge on any atom is 0.416 e. The van der Waals surface area contributed by atoms with Gasteiger partial charge in [0.05, 0.1) is 22.7 Å². The lowest BCUT2D eigenvalue weighted by atomic mass is 9.79. The summed E-state index contributed by atoms with van der Waals surface area (Å²) >= 11 is 0. The Kier molecular flexibility index (Phi) is 4.22. The van der Waals surface area contributed by atoms with Crippen LogP contribution in [-0.2, 0) is 22.6 Å². The predicted molar refractivity (Wildman–Crippen MR) is 95.4 cm³/mol. The van der Waals surface area contributed by atoms with Crippen molar-refractivity contribution in [3.05, 3.63) is 53.1 Å². The van der Waals surface area contributed by atoms with E-state index < -0.39 is 33.8 Å². The number of aromatic amines is 2. The van der Waals surface area contributed by atoms with Crippen LogP contribution in [0.15, 0.2) is 35.4 Å². The molecule has 4 heterocycles. The van der Waals surface area contributed by atoms with Crippen LogP contribution in [0.4, 0.5) is 13.2 Å². The smallest absolute Gasteiger partial charge is 0.282 e. The third-order valence-electron chi connectivity index (χ3n) is 5.79. The Bertz CT molecular complexity index is 1160. The third kappa shape index (κ3) is 2.99. The van der Waals surface area contributed by atoms with Crippen LogP contribution in [0.5, 0.6) is 0 Å². The monoisotopic (exact) mass is 439 g/mol. The maximum atomic E-state index is 13.5. The largest absolute Gasteiger partial charge is 0.416 e. The zero-order valence-electron chi connectivity index (χ0n) is 15.3. The lowest BCUT2D eigenvalue weighted by Gasteiger charge is -2.46. The van der Waals surface area contributed by atoms with Crippen LogP contribution in [-0.4, -0.2) is 49.6 Å². The fourth-order valence-corrected chi connectivity index (χ4v) is 6.28. The van der Waals surface area contributed by atoms with Gasteiger partial charge in [-0.1, -0.05) is 0 Å². The van der Waals surface area contributed by atoms with Gasteiger partial charge < -0.3 is 0 Å². The number of hydrogen-bond donors (Lipinski definition) is 2. The number of aromatic nitrogens is 6. The number of halogens is 3. The first kappa shape index (κ1) is 19.2. The predicted octanol–water partition coefficient (Wildman–Crippen LogP) is 2.18. The summed E-state index contributed by atoms with van der Waals surface area (Å²) < 4.78 is 66.9. The summed E-state index contributed by atoms with van der Waals surface area (Å²) in [6, 6.07) is 2.68. The van der Waals surface area contributed by atoms with Crippen LogP contribution in [0.2, 0.25) is 0 Å². The first-order chi connectivity index (χ1) is 14.2. The highest BCUT2D eigenvalue weighted by Crippen LogP contribution is 2.48. The molecule has 0 spiro atoms. The van der Waals surface area contributed by atoms with E-state index in [4.69, 9.17) is 0 Å². The molecular weight excluding hydrogens is 423 g/mol. The number of alkyl halides is 3. The number of H-pyrrole nitrogens is 2. The van der Waals surface area contributed by atoms with Gasteiger partial charge in [-0.15, -0.1) is 5.10 Å². The van der Waals surface area contributed by atoms with Crippen LogP contribution in [0.1, 0.15) is 47.4 Å². The van der Waals surface area contributed by atoms with Gasteiger partial charge in [0.2, 0.25) is 10.0 Å². The Balaban J connectivity index is 1.53. The van der Waals surface area contributed by atoms with Crippen molar-refractivity contribution in [3.63, 3.8) is 0 Å². The van der Waals surface area contributed by atoms with Gasteiger partial charge >= 0.3 is 6.18 Å². The molecule has 158 valence electrons. The second-order valence-electron chi connectivity index (χ2n) is 7.49. The highest BCUT2D eigenvalue weighted by molar-refractivity contribution is 7.89. The molecule has 3 atom stereocenters. The Morgan fingerprint density at radius 1 is 1.10 bits per heavy atom. The van der Waals surface area contributed by atoms with Crippen LogP contribution >= 0.6 is 0 Å². The van der Waals surface area contributed by atoms with E-state index in [0.717, 1.165) is 35.5 Å². The molecule has 0 radical (unpaired) electrons. The molecule has 0 amide bonds. The van der Waals surface area contributed by atoms with E-state index in [1.807, 2.05) is 0 Å². The highest BCUT2D eigenvalue weighted by Gasteiger charge is 2.49. The number of hydrogen-bond acceptors (Lipinski definition) is 6. The topological polar surface area (TPSA) is 121 Å². The molecule has 0 saturated carbocycles. The fourth-order valence-electron chi connectivity index (χ4n) is 4.47. The zero-order valence-corrected chi connectivity index (χ0v) is 16.2. The molecule has 2 N–H and O–H groups in total. The molecule has 3 aromatic rings. The normalized spacial score (nSPS) is 24.6. The van der Waals surface area contributed by atoms with Crippen molar-refractivity contribution in [3.8, 4) is 0 Å². The summed E-state index contributed by atoms with van der Waals surface area (Å²) in [6.07, 6.45) is -1.60. The molecule has 1 fully saturated rings. The van der Waals surface area contributed by atoms with E-state index in [0.29, 0.717) is 25.1 Å². The van der Waals surface area contributed by atoms with Crippen molar-refractivity contribution in [2.24, 2.45) is 0 Å².